The van der Waals surface area contributed by atoms with Gasteiger partial charge in [0.2, 0.25) is 0 Å². The fourth-order valence-corrected chi connectivity index (χ4v) is 1.97. The molecule has 3 nitrogen and oxygen atoms in total. The number of amides is 1. The Bertz CT molecular complexity index is 388. The molecule has 17 heavy (non-hydrogen) atoms. The molecule has 0 spiro atoms. The minimum absolute atomic E-state index is 0.196. The molecule has 1 amide bonds. The van der Waals surface area contributed by atoms with E-state index in [-0.39, 0.29) is 5.91 Å². The van der Waals surface area contributed by atoms with E-state index >= 15 is 0 Å². The number of hydrogen-bond donors (Lipinski definition) is 1. The van der Waals surface area contributed by atoms with Gasteiger partial charge in [-0.05, 0) is 28.1 Å². The van der Waals surface area contributed by atoms with Crippen LogP contribution in [0.1, 0.15) is 10.4 Å². The first-order valence-electron chi connectivity index (χ1n) is 5.02. The maximum atomic E-state index is 11.8. The quantitative estimate of drug-likeness (QED) is 0.603. The Morgan fingerprint density at radius 2 is 2.18 bits per heavy atom. The minimum Gasteiger partial charge on any atom is -0.379 e. The van der Waals surface area contributed by atoms with Gasteiger partial charge < -0.3 is 10.1 Å². The summed E-state index contributed by atoms with van der Waals surface area (Å²) in [6.45, 7) is 1.59. The lowest BCUT2D eigenvalue weighted by Crippen LogP contribution is -2.27. The summed E-state index contributed by atoms with van der Waals surface area (Å²) >= 11 is 12.5. The van der Waals surface area contributed by atoms with Crippen molar-refractivity contribution in [2.24, 2.45) is 0 Å². The van der Waals surface area contributed by atoms with Gasteiger partial charge in [0, 0.05) is 16.3 Å². The van der Waals surface area contributed by atoms with Crippen LogP contribution in [0, 0.1) is 0 Å². The number of hydrogen-bond acceptors (Lipinski definition) is 2. The summed E-state index contributed by atoms with van der Waals surface area (Å²) in [6, 6.07) is 5.24. The molecule has 0 saturated heterocycles. The van der Waals surface area contributed by atoms with E-state index in [4.69, 9.17) is 16.3 Å². The van der Waals surface area contributed by atoms with Gasteiger partial charge in [0.15, 0.2) is 0 Å². The number of halogens is 3. The standard InChI is InChI=1S/C11H12Br2ClNO2/c12-4-6-17-7-5-15-11(16)8-2-1-3-9(13)10(8)14/h1-3H,4-7H2,(H,15,16). The van der Waals surface area contributed by atoms with Gasteiger partial charge in [-0.2, -0.15) is 0 Å². The van der Waals surface area contributed by atoms with Crippen molar-refractivity contribution >= 4 is 49.4 Å². The van der Waals surface area contributed by atoms with Crippen LogP contribution >= 0.6 is 43.5 Å². The van der Waals surface area contributed by atoms with Crippen LogP contribution in [0.4, 0.5) is 0 Å². The lowest BCUT2D eigenvalue weighted by atomic mass is 10.2. The second-order valence-electron chi connectivity index (χ2n) is 3.16. The van der Waals surface area contributed by atoms with E-state index in [1.807, 2.05) is 0 Å². The third kappa shape index (κ3) is 4.95. The molecule has 0 heterocycles. The normalized spacial score (nSPS) is 10.3. The van der Waals surface area contributed by atoms with Crippen molar-refractivity contribution < 1.29 is 9.53 Å². The molecule has 0 aliphatic rings. The smallest absolute Gasteiger partial charge is 0.252 e. The van der Waals surface area contributed by atoms with Gasteiger partial charge in [-0.15, -0.1) is 0 Å². The fraction of sp³-hybridized carbons (Fsp3) is 0.364. The first-order chi connectivity index (χ1) is 8.16. The molecule has 0 aliphatic heterocycles. The van der Waals surface area contributed by atoms with E-state index in [1.54, 1.807) is 18.2 Å². The topological polar surface area (TPSA) is 38.3 Å². The summed E-state index contributed by atoms with van der Waals surface area (Å²) in [6.07, 6.45) is 0. The summed E-state index contributed by atoms with van der Waals surface area (Å²) < 4.78 is 5.93. The number of benzene rings is 1. The molecule has 1 aromatic rings. The highest BCUT2D eigenvalue weighted by Crippen LogP contribution is 2.25. The van der Waals surface area contributed by atoms with E-state index in [1.165, 1.54) is 0 Å². The van der Waals surface area contributed by atoms with Crippen LogP contribution in [0.3, 0.4) is 0 Å². The second kappa shape index (κ2) is 8.08. The third-order valence-electron chi connectivity index (χ3n) is 1.95. The lowest BCUT2D eigenvalue weighted by molar-refractivity contribution is 0.0924. The van der Waals surface area contributed by atoms with Crippen LogP contribution in [0.15, 0.2) is 22.7 Å². The molecule has 0 fully saturated rings. The van der Waals surface area contributed by atoms with Crippen LogP contribution in [0.2, 0.25) is 5.02 Å². The molecule has 0 unspecified atom stereocenters. The molecular formula is C11H12Br2ClNO2. The van der Waals surface area contributed by atoms with Crippen LogP contribution in [-0.4, -0.2) is 31.0 Å². The molecule has 6 heteroatoms. The van der Waals surface area contributed by atoms with Gasteiger partial charge in [0.05, 0.1) is 23.8 Å². The fourth-order valence-electron chi connectivity index (χ4n) is 1.17. The van der Waals surface area contributed by atoms with Crippen molar-refractivity contribution in [3.05, 3.63) is 33.3 Å². The largest absolute Gasteiger partial charge is 0.379 e. The van der Waals surface area contributed by atoms with Gasteiger partial charge in [-0.25, -0.2) is 0 Å². The van der Waals surface area contributed by atoms with Crippen LogP contribution in [-0.2, 0) is 4.74 Å². The summed E-state index contributed by atoms with van der Waals surface area (Å²) in [5.74, 6) is -0.196. The average Bonchev–Trinajstić information content (AvgIpc) is 2.32. The van der Waals surface area contributed by atoms with Gasteiger partial charge in [-0.3, -0.25) is 4.79 Å². The Labute approximate surface area is 122 Å². The highest BCUT2D eigenvalue weighted by atomic mass is 79.9. The zero-order valence-electron chi connectivity index (χ0n) is 9.01. The van der Waals surface area contributed by atoms with Crippen LogP contribution < -0.4 is 5.32 Å². The van der Waals surface area contributed by atoms with Crippen LogP contribution in [0.5, 0.6) is 0 Å². The monoisotopic (exact) mass is 383 g/mol. The van der Waals surface area contributed by atoms with Crippen LogP contribution in [0.25, 0.3) is 0 Å². The predicted octanol–water partition coefficient (Wildman–Crippen LogP) is 3.24. The number of carbonyl (C=O) groups excluding carboxylic acids is 1. The Hall–Kier alpha value is -0.100. The molecule has 1 N–H and O–H groups in total. The molecule has 0 bridgehead atoms. The average molecular weight is 385 g/mol. The maximum Gasteiger partial charge on any atom is 0.252 e. The van der Waals surface area contributed by atoms with Gasteiger partial charge >= 0.3 is 0 Å². The van der Waals surface area contributed by atoms with E-state index in [9.17, 15) is 4.79 Å². The van der Waals surface area contributed by atoms with Crippen molar-refractivity contribution in [2.75, 3.05) is 25.1 Å². The summed E-state index contributed by atoms with van der Waals surface area (Å²) in [7, 11) is 0. The molecule has 0 atom stereocenters. The molecular weight excluding hydrogens is 373 g/mol. The molecule has 0 aliphatic carbocycles. The number of ether oxygens (including phenoxy) is 1. The lowest BCUT2D eigenvalue weighted by Gasteiger charge is -2.07. The van der Waals surface area contributed by atoms with Gasteiger partial charge in [0.25, 0.3) is 5.91 Å². The Morgan fingerprint density at radius 1 is 1.41 bits per heavy atom. The molecule has 1 rings (SSSR count). The SMILES string of the molecule is O=C(NCCOCCBr)c1cccc(Br)c1Cl. The maximum absolute atomic E-state index is 11.8. The van der Waals surface area contributed by atoms with E-state index in [0.717, 1.165) is 5.33 Å². The summed E-state index contributed by atoms with van der Waals surface area (Å²) in [5.41, 5.74) is 0.460. The van der Waals surface area contributed by atoms with Crippen molar-refractivity contribution in [3.8, 4) is 0 Å². The second-order valence-corrected chi connectivity index (χ2v) is 5.18. The molecule has 94 valence electrons. The summed E-state index contributed by atoms with van der Waals surface area (Å²) in [5, 5.41) is 3.95. The van der Waals surface area contributed by atoms with E-state index in [0.29, 0.717) is 34.8 Å². The molecule has 1 aromatic carbocycles. The van der Waals surface area contributed by atoms with E-state index < -0.39 is 0 Å². The molecule has 0 radical (unpaired) electrons. The third-order valence-corrected chi connectivity index (χ3v) is 3.57. The zero-order chi connectivity index (χ0) is 12.7. The highest BCUT2D eigenvalue weighted by Gasteiger charge is 2.11. The Morgan fingerprint density at radius 3 is 2.88 bits per heavy atom. The molecule has 0 aromatic heterocycles. The van der Waals surface area contributed by atoms with Crippen molar-refractivity contribution in [1.29, 1.82) is 0 Å². The number of alkyl halides is 1. The summed E-state index contributed by atoms with van der Waals surface area (Å²) in [4.78, 5) is 11.8. The Balaban J connectivity index is 2.44. The van der Waals surface area contributed by atoms with Gasteiger partial charge in [0.1, 0.15) is 0 Å². The van der Waals surface area contributed by atoms with E-state index in [2.05, 4.69) is 37.2 Å². The van der Waals surface area contributed by atoms with Crippen molar-refractivity contribution in [1.82, 2.24) is 5.32 Å². The number of rotatable bonds is 6. The number of carbonyl (C=O) groups is 1. The van der Waals surface area contributed by atoms with Crippen molar-refractivity contribution in [2.45, 2.75) is 0 Å². The molecule has 0 saturated carbocycles. The minimum atomic E-state index is -0.196. The Kier molecular flexibility index (Phi) is 7.11. The first-order valence-corrected chi connectivity index (χ1v) is 7.32. The predicted molar refractivity (Wildman–Crippen MR) is 76.1 cm³/mol. The van der Waals surface area contributed by atoms with Gasteiger partial charge in [-0.1, -0.05) is 33.6 Å². The zero-order valence-corrected chi connectivity index (χ0v) is 12.9. The number of nitrogens with one attached hydrogen (secondary N) is 1. The highest BCUT2D eigenvalue weighted by molar-refractivity contribution is 9.10. The first kappa shape index (κ1) is 15.0. The van der Waals surface area contributed by atoms with Crippen molar-refractivity contribution in [3.63, 3.8) is 0 Å².